The van der Waals surface area contributed by atoms with E-state index >= 15 is 0 Å². The standard InChI is InChI=1S/C16H11N3/c1-2-10-4-5-11-8-18-16-14-9-17-7-6-12(14)13(3-1)15(10)19(11)16/h1-3,6-9H,4-5H2. The Hall–Kier alpha value is -2.42. The molecule has 0 saturated carbocycles. The highest BCUT2D eigenvalue weighted by atomic mass is 15.0. The fraction of sp³-hybridized carbons (Fsp3) is 0.125. The minimum atomic E-state index is 1.04. The maximum atomic E-state index is 4.62. The van der Waals surface area contributed by atoms with Crippen molar-refractivity contribution in [2.75, 3.05) is 0 Å². The Bertz CT molecular complexity index is 966. The predicted octanol–water partition coefficient (Wildman–Crippen LogP) is 3.13. The van der Waals surface area contributed by atoms with Gasteiger partial charge in [-0.3, -0.25) is 9.38 Å². The summed E-state index contributed by atoms with van der Waals surface area (Å²) in [5.74, 6) is 0. The van der Waals surface area contributed by atoms with E-state index in [-0.39, 0.29) is 0 Å². The minimum absolute atomic E-state index is 1.04. The largest absolute Gasteiger partial charge is 0.296 e. The molecular weight excluding hydrogens is 234 g/mol. The van der Waals surface area contributed by atoms with Gasteiger partial charge in [0.2, 0.25) is 0 Å². The Morgan fingerprint density at radius 2 is 1.95 bits per heavy atom. The van der Waals surface area contributed by atoms with Crippen molar-refractivity contribution in [3.63, 3.8) is 0 Å². The van der Waals surface area contributed by atoms with Crippen molar-refractivity contribution in [1.29, 1.82) is 0 Å². The van der Waals surface area contributed by atoms with Gasteiger partial charge in [0.15, 0.2) is 0 Å². The molecule has 90 valence electrons. The van der Waals surface area contributed by atoms with E-state index < -0.39 is 0 Å². The van der Waals surface area contributed by atoms with Crippen LogP contribution in [0.1, 0.15) is 11.3 Å². The van der Waals surface area contributed by atoms with E-state index in [9.17, 15) is 0 Å². The van der Waals surface area contributed by atoms with Gasteiger partial charge in [-0.05, 0) is 29.9 Å². The van der Waals surface area contributed by atoms with Crippen molar-refractivity contribution in [3.05, 3.63) is 54.1 Å². The molecule has 0 saturated heterocycles. The summed E-state index contributed by atoms with van der Waals surface area (Å²) in [6, 6.07) is 8.69. The summed E-state index contributed by atoms with van der Waals surface area (Å²) in [5, 5.41) is 3.69. The average Bonchev–Trinajstić information content (AvgIpc) is 2.91. The van der Waals surface area contributed by atoms with Crippen LogP contribution >= 0.6 is 0 Å². The highest BCUT2D eigenvalue weighted by molar-refractivity contribution is 6.12. The average molecular weight is 245 g/mol. The Morgan fingerprint density at radius 1 is 0.947 bits per heavy atom. The lowest BCUT2D eigenvalue weighted by Gasteiger charge is -2.17. The van der Waals surface area contributed by atoms with Gasteiger partial charge in [0, 0.05) is 35.1 Å². The molecule has 3 heteroatoms. The fourth-order valence-corrected chi connectivity index (χ4v) is 3.35. The molecule has 1 aromatic carbocycles. The number of rotatable bonds is 0. The van der Waals surface area contributed by atoms with Gasteiger partial charge in [0.25, 0.3) is 0 Å². The minimum Gasteiger partial charge on any atom is -0.296 e. The number of pyridine rings is 2. The molecule has 0 spiro atoms. The Balaban J connectivity index is 2.27. The van der Waals surface area contributed by atoms with Crippen LogP contribution in [0.25, 0.3) is 27.3 Å². The van der Waals surface area contributed by atoms with Crippen molar-refractivity contribution in [2.24, 2.45) is 0 Å². The van der Waals surface area contributed by atoms with Crippen LogP contribution in [0, 0.1) is 0 Å². The van der Waals surface area contributed by atoms with Crippen LogP contribution in [0.15, 0.2) is 42.9 Å². The zero-order chi connectivity index (χ0) is 12.4. The third kappa shape index (κ3) is 1.04. The number of benzene rings is 1. The Labute approximate surface area is 109 Å². The van der Waals surface area contributed by atoms with E-state index in [1.165, 1.54) is 27.5 Å². The number of nitrogens with zero attached hydrogens (tertiary/aromatic N) is 3. The topological polar surface area (TPSA) is 30.2 Å². The molecule has 4 aromatic rings. The van der Waals surface area contributed by atoms with Crippen LogP contribution in [0.4, 0.5) is 0 Å². The summed E-state index contributed by atoms with van der Waals surface area (Å²) in [7, 11) is 0. The van der Waals surface area contributed by atoms with Gasteiger partial charge < -0.3 is 0 Å². The van der Waals surface area contributed by atoms with Crippen molar-refractivity contribution in [2.45, 2.75) is 12.8 Å². The SMILES string of the molecule is c1cc2c3c(c1)c1ccncc1c1ncc(n13)CC2. The zero-order valence-electron chi connectivity index (χ0n) is 10.3. The van der Waals surface area contributed by atoms with E-state index in [2.05, 4.69) is 38.6 Å². The number of fused-ring (bicyclic) bond motifs is 3. The molecule has 1 aliphatic rings. The van der Waals surface area contributed by atoms with E-state index in [0.717, 1.165) is 23.9 Å². The first-order valence-corrected chi connectivity index (χ1v) is 6.57. The molecule has 0 aliphatic carbocycles. The molecule has 0 atom stereocenters. The van der Waals surface area contributed by atoms with E-state index in [1.54, 1.807) is 0 Å². The van der Waals surface area contributed by atoms with E-state index in [0.29, 0.717) is 0 Å². The molecule has 3 aromatic heterocycles. The lowest BCUT2D eigenvalue weighted by molar-refractivity contribution is 0.877. The van der Waals surface area contributed by atoms with Crippen LogP contribution in [-0.4, -0.2) is 14.4 Å². The maximum absolute atomic E-state index is 4.62. The highest BCUT2D eigenvalue weighted by Crippen LogP contribution is 2.34. The second-order valence-electron chi connectivity index (χ2n) is 5.14. The summed E-state index contributed by atoms with van der Waals surface area (Å²) in [6.45, 7) is 0. The molecule has 0 N–H and O–H groups in total. The number of imidazole rings is 1. The van der Waals surface area contributed by atoms with Crippen LogP contribution in [0.3, 0.4) is 0 Å². The molecule has 4 heterocycles. The number of hydrogen-bond acceptors (Lipinski definition) is 2. The van der Waals surface area contributed by atoms with Gasteiger partial charge in [0.1, 0.15) is 5.65 Å². The van der Waals surface area contributed by atoms with Crippen molar-refractivity contribution < 1.29 is 0 Å². The van der Waals surface area contributed by atoms with Crippen molar-refractivity contribution >= 4 is 27.3 Å². The fourth-order valence-electron chi connectivity index (χ4n) is 3.35. The molecule has 5 rings (SSSR count). The summed E-state index contributed by atoms with van der Waals surface area (Å²) in [5.41, 5.74) is 5.10. The lowest BCUT2D eigenvalue weighted by Crippen LogP contribution is -2.07. The maximum Gasteiger partial charge on any atom is 0.146 e. The predicted molar refractivity (Wildman–Crippen MR) is 75.4 cm³/mol. The van der Waals surface area contributed by atoms with E-state index in [4.69, 9.17) is 0 Å². The van der Waals surface area contributed by atoms with Gasteiger partial charge in [-0.25, -0.2) is 4.98 Å². The van der Waals surface area contributed by atoms with Crippen LogP contribution in [0.2, 0.25) is 0 Å². The number of para-hydroxylation sites is 1. The number of hydrogen-bond donors (Lipinski definition) is 0. The summed E-state index contributed by atoms with van der Waals surface area (Å²) in [4.78, 5) is 8.89. The quantitative estimate of drug-likeness (QED) is 0.445. The molecule has 1 aliphatic heterocycles. The second kappa shape index (κ2) is 3.12. The first-order valence-electron chi connectivity index (χ1n) is 6.57. The first kappa shape index (κ1) is 9.50. The monoisotopic (exact) mass is 245 g/mol. The number of aromatic nitrogens is 3. The van der Waals surface area contributed by atoms with Crippen LogP contribution in [-0.2, 0) is 12.8 Å². The Morgan fingerprint density at radius 3 is 2.95 bits per heavy atom. The van der Waals surface area contributed by atoms with Crippen molar-refractivity contribution in [3.8, 4) is 0 Å². The highest BCUT2D eigenvalue weighted by Gasteiger charge is 2.18. The Kier molecular flexibility index (Phi) is 1.56. The first-order chi connectivity index (χ1) is 9.43. The van der Waals surface area contributed by atoms with E-state index in [1.807, 2.05) is 18.6 Å². The third-order valence-electron chi connectivity index (χ3n) is 4.18. The van der Waals surface area contributed by atoms with Crippen LogP contribution < -0.4 is 0 Å². The third-order valence-corrected chi connectivity index (χ3v) is 4.18. The molecule has 0 radical (unpaired) electrons. The molecule has 3 nitrogen and oxygen atoms in total. The molecule has 19 heavy (non-hydrogen) atoms. The molecule has 0 bridgehead atoms. The van der Waals surface area contributed by atoms with Gasteiger partial charge in [0.05, 0.1) is 5.52 Å². The van der Waals surface area contributed by atoms with Gasteiger partial charge >= 0.3 is 0 Å². The van der Waals surface area contributed by atoms with Crippen LogP contribution in [0.5, 0.6) is 0 Å². The van der Waals surface area contributed by atoms with Gasteiger partial charge in [-0.15, -0.1) is 0 Å². The summed E-state index contributed by atoms with van der Waals surface area (Å²) < 4.78 is 2.32. The van der Waals surface area contributed by atoms with Gasteiger partial charge in [-0.2, -0.15) is 0 Å². The lowest BCUT2D eigenvalue weighted by atomic mass is 9.98. The molecule has 0 amide bonds. The molecule has 0 unspecified atom stereocenters. The summed E-state index contributed by atoms with van der Waals surface area (Å²) in [6.07, 6.45) is 7.97. The van der Waals surface area contributed by atoms with Gasteiger partial charge in [-0.1, -0.05) is 18.2 Å². The normalized spacial score (nSPS) is 13.9. The zero-order valence-corrected chi connectivity index (χ0v) is 10.3. The smallest absolute Gasteiger partial charge is 0.146 e. The number of aryl methyl sites for hydroxylation is 2. The molecule has 0 fully saturated rings. The summed E-state index contributed by atoms with van der Waals surface area (Å²) >= 11 is 0. The second-order valence-corrected chi connectivity index (χ2v) is 5.14. The molecular formula is C16H11N3. The van der Waals surface area contributed by atoms with Crippen molar-refractivity contribution in [1.82, 2.24) is 14.4 Å².